The monoisotopic (exact) mass is 237 g/mol. The summed E-state index contributed by atoms with van der Waals surface area (Å²) in [4.78, 5) is 0. The summed E-state index contributed by atoms with van der Waals surface area (Å²) >= 11 is 0. The van der Waals surface area contributed by atoms with E-state index in [2.05, 4.69) is 37.4 Å². The minimum absolute atomic E-state index is 0.337. The van der Waals surface area contributed by atoms with Crippen LogP contribution in [0.2, 0.25) is 0 Å². The fourth-order valence-electron chi connectivity index (χ4n) is 2.64. The van der Waals surface area contributed by atoms with Gasteiger partial charge in [-0.2, -0.15) is 5.10 Å². The summed E-state index contributed by atoms with van der Waals surface area (Å²) in [7, 11) is 0. The molecule has 1 aliphatic heterocycles. The van der Waals surface area contributed by atoms with Crippen molar-refractivity contribution in [3.63, 3.8) is 0 Å². The average molecular weight is 237 g/mol. The summed E-state index contributed by atoms with van der Waals surface area (Å²) in [6, 6.07) is 0.373. The number of hydrogen-bond acceptors (Lipinski definition) is 3. The highest BCUT2D eigenvalue weighted by Crippen LogP contribution is 2.33. The van der Waals surface area contributed by atoms with Gasteiger partial charge in [0.2, 0.25) is 0 Å². The molecule has 3 atom stereocenters. The maximum Gasteiger partial charge on any atom is 0.0594 e. The molecule has 0 radical (unpaired) electrons. The summed E-state index contributed by atoms with van der Waals surface area (Å²) in [6.07, 6.45) is 5.61. The molecule has 1 aromatic heterocycles. The highest BCUT2D eigenvalue weighted by Gasteiger charge is 2.32. The smallest absolute Gasteiger partial charge is 0.0594 e. The molecule has 0 saturated carbocycles. The minimum atomic E-state index is 0.337. The summed E-state index contributed by atoms with van der Waals surface area (Å²) in [6.45, 7) is 9.22. The molecule has 17 heavy (non-hydrogen) atoms. The Balaban J connectivity index is 2.15. The van der Waals surface area contributed by atoms with Crippen molar-refractivity contribution in [3.05, 3.63) is 18.0 Å². The fourth-order valence-corrected chi connectivity index (χ4v) is 2.64. The minimum Gasteiger partial charge on any atom is -0.378 e. The average Bonchev–Trinajstić information content (AvgIpc) is 2.95. The normalized spacial score (nSPS) is 26.3. The van der Waals surface area contributed by atoms with E-state index in [1.165, 1.54) is 5.56 Å². The van der Waals surface area contributed by atoms with Gasteiger partial charge in [-0.25, -0.2) is 0 Å². The zero-order chi connectivity index (χ0) is 12.3. The molecule has 2 rings (SSSR count). The first-order valence-electron chi connectivity index (χ1n) is 6.63. The van der Waals surface area contributed by atoms with Crippen LogP contribution in [0.15, 0.2) is 12.4 Å². The number of aromatic nitrogens is 2. The molecule has 0 bridgehead atoms. The Morgan fingerprint density at radius 3 is 2.94 bits per heavy atom. The van der Waals surface area contributed by atoms with Crippen molar-refractivity contribution in [2.75, 3.05) is 13.2 Å². The van der Waals surface area contributed by atoms with E-state index < -0.39 is 0 Å². The van der Waals surface area contributed by atoms with Crippen molar-refractivity contribution in [1.82, 2.24) is 15.1 Å². The predicted octanol–water partition coefficient (Wildman–Crippen LogP) is 1.98. The Labute approximate surface area is 103 Å². The van der Waals surface area contributed by atoms with Gasteiger partial charge in [0.05, 0.1) is 12.3 Å². The number of rotatable bonds is 5. The number of aryl methyl sites for hydroxylation is 1. The Morgan fingerprint density at radius 2 is 2.41 bits per heavy atom. The van der Waals surface area contributed by atoms with Crippen LogP contribution in [-0.4, -0.2) is 29.0 Å². The molecule has 1 aromatic rings. The first-order chi connectivity index (χ1) is 8.26. The van der Waals surface area contributed by atoms with E-state index in [-0.39, 0.29) is 0 Å². The van der Waals surface area contributed by atoms with Crippen molar-refractivity contribution in [2.24, 2.45) is 5.92 Å². The third kappa shape index (κ3) is 2.69. The molecule has 0 amide bonds. The van der Waals surface area contributed by atoms with Crippen LogP contribution in [0.1, 0.15) is 38.8 Å². The first-order valence-corrected chi connectivity index (χ1v) is 6.63. The van der Waals surface area contributed by atoms with Gasteiger partial charge in [-0.1, -0.05) is 6.92 Å². The summed E-state index contributed by atoms with van der Waals surface area (Å²) in [5.74, 6) is 0.560. The summed E-state index contributed by atoms with van der Waals surface area (Å²) in [5, 5.41) is 7.95. The summed E-state index contributed by atoms with van der Waals surface area (Å²) < 4.78 is 7.67. The lowest BCUT2D eigenvalue weighted by atomic mass is 9.90. The molecule has 0 spiro atoms. The second-order valence-electron chi connectivity index (χ2n) is 4.69. The van der Waals surface area contributed by atoms with E-state index in [0.29, 0.717) is 18.1 Å². The standard InChI is InChI=1S/C13H23N3O/c1-4-14-13(12-6-7-17-10(12)3)11-8-15-16(5-2)9-11/h8-10,12-14H,4-7H2,1-3H3. The highest BCUT2D eigenvalue weighted by molar-refractivity contribution is 5.13. The second-order valence-corrected chi connectivity index (χ2v) is 4.69. The van der Waals surface area contributed by atoms with Gasteiger partial charge in [-0.3, -0.25) is 4.68 Å². The van der Waals surface area contributed by atoms with Gasteiger partial charge >= 0.3 is 0 Å². The molecule has 96 valence electrons. The molecular formula is C13H23N3O. The van der Waals surface area contributed by atoms with E-state index >= 15 is 0 Å². The van der Waals surface area contributed by atoms with Crippen LogP contribution in [0.3, 0.4) is 0 Å². The van der Waals surface area contributed by atoms with Crippen LogP contribution in [0.25, 0.3) is 0 Å². The van der Waals surface area contributed by atoms with Crippen molar-refractivity contribution in [1.29, 1.82) is 0 Å². The van der Waals surface area contributed by atoms with Gasteiger partial charge in [0.15, 0.2) is 0 Å². The molecule has 4 heteroatoms. The Bertz CT molecular complexity index is 350. The van der Waals surface area contributed by atoms with Crippen molar-refractivity contribution < 1.29 is 4.74 Å². The number of hydrogen-bond donors (Lipinski definition) is 1. The zero-order valence-electron chi connectivity index (χ0n) is 11.0. The Kier molecular flexibility index (Phi) is 4.18. The molecule has 1 saturated heterocycles. The lowest BCUT2D eigenvalue weighted by Gasteiger charge is -2.25. The molecule has 1 N–H and O–H groups in total. The molecule has 1 fully saturated rings. The maximum absolute atomic E-state index is 5.68. The third-order valence-corrected chi connectivity index (χ3v) is 3.62. The molecule has 3 unspecified atom stereocenters. The van der Waals surface area contributed by atoms with Crippen LogP contribution in [0.5, 0.6) is 0 Å². The quantitative estimate of drug-likeness (QED) is 0.851. The molecule has 4 nitrogen and oxygen atoms in total. The van der Waals surface area contributed by atoms with Crippen LogP contribution < -0.4 is 5.32 Å². The van der Waals surface area contributed by atoms with Crippen LogP contribution in [0, 0.1) is 5.92 Å². The van der Waals surface area contributed by atoms with Gasteiger partial charge in [0.1, 0.15) is 0 Å². The number of ether oxygens (including phenoxy) is 1. The third-order valence-electron chi connectivity index (χ3n) is 3.62. The van der Waals surface area contributed by atoms with Crippen LogP contribution in [-0.2, 0) is 11.3 Å². The van der Waals surface area contributed by atoms with E-state index in [4.69, 9.17) is 4.74 Å². The van der Waals surface area contributed by atoms with Crippen molar-refractivity contribution in [2.45, 2.75) is 45.9 Å². The van der Waals surface area contributed by atoms with Gasteiger partial charge in [0.25, 0.3) is 0 Å². The SMILES string of the molecule is CCNC(c1cnn(CC)c1)C1CCOC1C. The van der Waals surface area contributed by atoms with Gasteiger partial charge in [0, 0.05) is 36.9 Å². The Morgan fingerprint density at radius 1 is 1.59 bits per heavy atom. The van der Waals surface area contributed by atoms with E-state index in [1.54, 1.807) is 0 Å². The molecule has 0 aromatic carbocycles. The van der Waals surface area contributed by atoms with Gasteiger partial charge in [-0.15, -0.1) is 0 Å². The maximum atomic E-state index is 5.68. The van der Waals surface area contributed by atoms with Gasteiger partial charge in [-0.05, 0) is 26.8 Å². The molecular weight excluding hydrogens is 214 g/mol. The molecule has 2 heterocycles. The molecule has 1 aliphatic rings. The summed E-state index contributed by atoms with van der Waals surface area (Å²) in [5.41, 5.74) is 1.29. The topological polar surface area (TPSA) is 39.1 Å². The molecule has 0 aliphatic carbocycles. The van der Waals surface area contributed by atoms with Crippen molar-refractivity contribution >= 4 is 0 Å². The predicted molar refractivity (Wildman–Crippen MR) is 67.8 cm³/mol. The lowest BCUT2D eigenvalue weighted by Crippen LogP contribution is -2.31. The second kappa shape index (κ2) is 5.65. The van der Waals surface area contributed by atoms with Crippen molar-refractivity contribution in [3.8, 4) is 0 Å². The Hall–Kier alpha value is -0.870. The number of nitrogens with one attached hydrogen (secondary N) is 1. The van der Waals surface area contributed by atoms with Crippen LogP contribution >= 0.6 is 0 Å². The largest absolute Gasteiger partial charge is 0.378 e. The highest BCUT2D eigenvalue weighted by atomic mass is 16.5. The first kappa shape index (κ1) is 12.6. The lowest BCUT2D eigenvalue weighted by molar-refractivity contribution is 0.0956. The zero-order valence-corrected chi connectivity index (χ0v) is 11.0. The van der Waals surface area contributed by atoms with E-state index in [9.17, 15) is 0 Å². The van der Waals surface area contributed by atoms with E-state index in [1.807, 2.05) is 10.9 Å². The van der Waals surface area contributed by atoms with E-state index in [0.717, 1.165) is 26.1 Å². The van der Waals surface area contributed by atoms with Crippen LogP contribution in [0.4, 0.5) is 0 Å². The fraction of sp³-hybridized carbons (Fsp3) is 0.769. The number of nitrogens with zero attached hydrogens (tertiary/aromatic N) is 2. The van der Waals surface area contributed by atoms with Gasteiger partial charge < -0.3 is 10.1 Å².